The Balaban J connectivity index is 1.47. The van der Waals surface area contributed by atoms with Crippen LogP contribution in [-0.4, -0.2) is 64.4 Å². The highest BCUT2D eigenvalue weighted by molar-refractivity contribution is 5.90. The van der Waals surface area contributed by atoms with Gasteiger partial charge in [-0.1, -0.05) is 69.3 Å². The van der Waals surface area contributed by atoms with Gasteiger partial charge in [0.25, 0.3) is 0 Å². The zero-order chi connectivity index (χ0) is 25.3. The van der Waals surface area contributed by atoms with Crippen molar-refractivity contribution in [2.45, 2.75) is 57.7 Å². The van der Waals surface area contributed by atoms with Gasteiger partial charge in [0.15, 0.2) is 0 Å². The number of aliphatic carboxylic acids is 1. The minimum absolute atomic E-state index is 0.0335. The van der Waals surface area contributed by atoms with Crippen LogP contribution in [0.5, 0.6) is 0 Å². The molecular weight excluding hydrogens is 448 g/mol. The Hall–Kier alpha value is -3.39. The number of benzene rings is 2. The third-order valence-electron chi connectivity index (χ3n) is 6.60. The van der Waals surface area contributed by atoms with Crippen LogP contribution in [0, 0.1) is 5.41 Å². The quantitative estimate of drug-likeness (QED) is 0.584. The molecule has 0 aromatic heterocycles. The summed E-state index contributed by atoms with van der Waals surface area (Å²) in [5.74, 6) is -1.82. The molecule has 3 atom stereocenters. The van der Waals surface area contributed by atoms with Crippen LogP contribution >= 0.6 is 0 Å². The lowest BCUT2D eigenvalue weighted by molar-refractivity contribution is -0.149. The van der Waals surface area contributed by atoms with Gasteiger partial charge in [0.05, 0.1) is 6.10 Å². The Labute approximate surface area is 204 Å². The fourth-order valence-electron chi connectivity index (χ4n) is 5.09. The second kappa shape index (κ2) is 9.70. The van der Waals surface area contributed by atoms with Crippen LogP contribution in [0.3, 0.4) is 0 Å². The molecule has 0 radical (unpaired) electrons. The van der Waals surface area contributed by atoms with Gasteiger partial charge in [-0.05, 0) is 34.1 Å². The van der Waals surface area contributed by atoms with Gasteiger partial charge in [-0.15, -0.1) is 0 Å². The number of aliphatic hydroxyl groups excluding tert-OH is 1. The summed E-state index contributed by atoms with van der Waals surface area (Å²) in [6.45, 7) is 5.82. The van der Waals surface area contributed by atoms with E-state index < -0.39 is 36.2 Å². The topological polar surface area (TPSA) is 116 Å². The van der Waals surface area contributed by atoms with Crippen molar-refractivity contribution >= 4 is 18.0 Å². The number of carboxylic acids is 1. The molecule has 1 saturated heterocycles. The van der Waals surface area contributed by atoms with Crippen LogP contribution < -0.4 is 5.32 Å². The van der Waals surface area contributed by atoms with E-state index >= 15 is 0 Å². The van der Waals surface area contributed by atoms with Gasteiger partial charge in [0.1, 0.15) is 18.7 Å². The number of alkyl carbamates (subject to hydrolysis) is 1. The number of rotatable bonds is 6. The number of amides is 2. The fraction of sp³-hybridized carbons (Fsp3) is 0.444. The maximum absolute atomic E-state index is 13.3. The van der Waals surface area contributed by atoms with Crippen molar-refractivity contribution in [1.29, 1.82) is 0 Å². The van der Waals surface area contributed by atoms with Gasteiger partial charge >= 0.3 is 12.1 Å². The number of carbonyl (C=O) groups excluding carboxylic acids is 2. The second-order valence-electron chi connectivity index (χ2n) is 10.5. The predicted molar refractivity (Wildman–Crippen MR) is 130 cm³/mol. The Morgan fingerprint density at radius 2 is 1.63 bits per heavy atom. The fourth-order valence-corrected chi connectivity index (χ4v) is 5.09. The second-order valence-corrected chi connectivity index (χ2v) is 10.5. The van der Waals surface area contributed by atoms with E-state index in [-0.39, 0.29) is 37.3 Å². The van der Waals surface area contributed by atoms with E-state index in [4.69, 9.17) is 4.74 Å². The molecule has 4 rings (SSSR count). The molecule has 1 aliphatic heterocycles. The lowest BCUT2D eigenvalue weighted by atomic mass is 9.87. The Kier molecular flexibility index (Phi) is 6.85. The standard InChI is InChI=1S/C27H32N2O6/c1-27(2,3)13-22(24(31)29-14-16(30)12-23(29)25(32)33)28-26(34)35-15-21-19-10-6-4-8-17(19)18-9-5-7-11-20(18)21/h4-11,16,21-23,30H,12-15H2,1-3H3,(H,28,34)(H,32,33)/t16-,22?,23-/m1/s1. The molecule has 2 aromatic carbocycles. The molecule has 2 aliphatic rings. The number of aliphatic hydroxyl groups is 1. The van der Waals surface area contributed by atoms with Gasteiger partial charge < -0.3 is 25.2 Å². The summed E-state index contributed by atoms with van der Waals surface area (Å²) in [4.78, 5) is 38.9. The number of ether oxygens (including phenoxy) is 1. The van der Waals surface area contributed by atoms with Crippen LogP contribution in [0.15, 0.2) is 48.5 Å². The average molecular weight is 481 g/mol. The normalized spacial score (nSPS) is 20.2. The SMILES string of the molecule is CC(C)(C)CC(NC(=O)OCC1c2ccccc2-c2ccccc21)C(=O)N1C[C@H](O)C[C@@H]1C(=O)O. The number of nitrogens with zero attached hydrogens (tertiary/aromatic N) is 1. The molecule has 1 unspecified atom stereocenters. The molecule has 1 fully saturated rings. The molecule has 3 N–H and O–H groups in total. The van der Waals surface area contributed by atoms with Crippen LogP contribution in [0.4, 0.5) is 4.79 Å². The molecule has 1 heterocycles. The number of β-amino-alcohol motifs (C(OH)–C–C–N with tert-alkyl or cyclic N) is 1. The zero-order valence-corrected chi connectivity index (χ0v) is 20.2. The predicted octanol–water partition coefficient (Wildman–Crippen LogP) is 3.38. The zero-order valence-electron chi connectivity index (χ0n) is 20.2. The maximum atomic E-state index is 13.3. The third-order valence-corrected chi connectivity index (χ3v) is 6.60. The molecule has 2 amide bonds. The first-order valence-electron chi connectivity index (χ1n) is 11.9. The minimum Gasteiger partial charge on any atom is -0.480 e. The monoisotopic (exact) mass is 480 g/mol. The molecule has 1 aliphatic carbocycles. The van der Waals surface area contributed by atoms with Gasteiger partial charge in [-0.3, -0.25) is 4.79 Å². The van der Waals surface area contributed by atoms with Crippen molar-refractivity contribution in [2.24, 2.45) is 5.41 Å². The Bertz CT molecular complexity index is 1080. The number of likely N-dealkylation sites (tertiary alicyclic amines) is 1. The molecule has 8 nitrogen and oxygen atoms in total. The molecule has 0 bridgehead atoms. The smallest absolute Gasteiger partial charge is 0.407 e. The van der Waals surface area contributed by atoms with Crippen LogP contribution in [0.2, 0.25) is 0 Å². The minimum atomic E-state index is -1.18. The van der Waals surface area contributed by atoms with Crippen molar-refractivity contribution in [2.75, 3.05) is 13.2 Å². The van der Waals surface area contributed by atoms with E-state index in [0.29, 0.717) is 0 Å². The summed E-state index contributed by atoms with van der Waals surface area (Å²) < 4.78 is 5.61. The van der Waals surface area contributed by atoms with Crippen molar-refractivity contribution in [1.82, 2.24) is 10.2 Å². The number of carboxylic acid groups (broad SMARTS) is 1. The number of carbonyl (C=O) groups is 3. The van der Waals surface area contributed by atoms with Gasteiger partial charge in [-0.2, -0.15) is 0 Å². The molecule has 0 spiro atoms. The first kappa shape index (κ1) is 24.7. The van der Waals surface area contributed by atoms with E-state index in [2.05, 4.69) is 17.4 Å². The van der Waals surface area contributed by atoms with Gasteiger partial charge in [0.2, 0.25) is 5.91 Å². The maximum Gasteiger partial charge on any atom is 0.407 e. The largest absolute Gasteiger partial charge is 0.480 e. The molecule has 35 heavy (non-hydrogen) atoms. The summed E-state index contributed by atoms with van der Waals surface area (Å²) >= 11 is 0. The lowest BCUT2D eigenvalue weighted by Gasteiger charge is -2.31. The first-order valence-corrected chi connectivity index (χ1v) is 11.9. The summed E-state index contributed by atoms with van der Waals surface area (Å²) in [6.07, 6.45) is -1.39. The first-order chi connectivity index (χ1) is 16.5. The van der Waals surface area contributed by atoms with Crippen molar-refractivity contribution in [3.05, 3.63) is 59.7 Å². The number of nitrogens with one attached hydrogen (secondary N) is 1. The van der Waals surface area contributed by atoms with Crippen LogP contribution in [0.25, 0.3) is 11.1 Å². The van der Waals surface area contributed by atoms with E-state index in [1.807, 2.05) is 57.2 Å². The molecule has 0 saturated carbocycles. The lowest BCUT2D eigenvalue weighted by Crippen LogP contribution is -2.53. The van der Waals surface area contributed by atoms with Crippen LogP contribution in [-0.2, 0) is 14.3 Å². The average Bonchev–Trinajstić information content (AvgIpc) is 3.34. The van der Waals surface area contributed by atoms with E-state index in [9.17, 15) is 24.6 Å². The Morgan fingerprint density at radius 1 is 1.06 bits per heavy atom. The Morgan fingerprint density at radius 3 is 2.17 bits per heavy atom. The molecule has 8 heteroatoms. The summed E-state index contributed by atoms with van der Waals surface area (Å²) in [6, 6.07) is 13.9. The van der Waals surface area contributed by atoms with E-state index in [1.54, 1.807) is 0 Å². The van der Waals surface area contributed by atoms with Crippen LogP contribution in [0.1, 0.15) is 50.7 Å². The van der Waals surface area contributed by atoms with Gasteiger partial charge in [-0.25, -0.2) is 9.59 Å². The highest BCUT2D eigenvalue weighted by Gasteiger charge is 2.42. The van der Waals surface area contributed by atoms with E-state index in [1.165, 1.54) is 0 Å². The number of hydrogen-bond donors (Lipinski definition) is 3. The third kappa shape index (κ3) is 5.32. The van der Waals surface area contributed by atoms with E-state index in [0.717, 1.165) is 27.2 Å². The molecule has 186 valence electrons. The van der Waals surface area contributed by atoms with Crippen molar-refractivity contribution < 1.29 is 29.3 Å². The highest BCUT2D eigenvalue weighted by atomic mass is 16.5. The summed E-state index contributed by atoms with van der Waals surface area (Å²) in [5.41, 5.74) is 4.07. The molecular formula is C27H32N2O6. The summed E-state index contributed by atoms with van der Waals surface area (Å²) in [5, 5.41) is 22.1. The van der Waals surface area contributed by atoms with Gasteiger partial charge in [0, 0.05) is 18.9 Å². The summed E-state index contributed by atoms with van der Waals surface area (Å²) in [7, 11) is 0. The number of fused-ring (bicyclic) bond motifs is 3. The highest BCUT2D eigenvalue weighted by Crippen LogP contribution is 2.44. The molecule has 2 aromatic rings. The van der Waals surface area contributed by atoms with Crippen molar-refractivity contribution in [3.63, 3.8) is 0 Å². The van der Waals surface area contributed by atoms with Crippen molar-refractivity contribution in [3.8, 4) is 11.1 Å². The number of hydrogen-bond acceptors (Lipinski definition) is 5.